The Balaban J connectivity index is 1.34. The topological polar surface area (TPSA) is 111 Å². The molecule has 2 aliphatic heterocycles. The summed E-state index contributed by atoms with van der Waals surface area (Å²) in [6.45, 7) is 6.78. The molecule has 1 fully saturated rings. The molecule has 1 saturated heterocycles. The molecule has 9 heteroatoms. The van der Waals surface area contributed by atoms with Crippen LogP contribution in [0.3, 0.4) is 0 Å². The van der Waals surface area contributed by atoms with Gasteiger partial charge in [0.2, 0.25) is 11.8 Å². The second-order valence-electron chi connectivity index (χ2n) is 8.07. The average molecular weight is 436 g/mol. The van der Waals surface area contributed by atoms with Crippen molar-refractivity contribution in [3.8, 4) is 0 Å². The first-order valence-electron chi connectivity index (χ1n) is 11.6. The number of hydrogen-bond acceptors (Lipinski definition) is 6. The molecule has 174 valence electrons. The molecule has 0 unspecified atom stereocenters. The second kappa shape index (κ2) is 14.7. The van der Waals surface area contributed by atoms with Crippen molar-refractivity contribution in [2.75, 3.05) is 52.4 Å². The first-order chi connectivity index (χ1) is 15.1. The summed E-state index contributed by atoms with van der Waals surface area (Å²) in [5.74, 6) is -0.376. The van der Waals surface area contributed by atoms with Crippen molar-refractivity contribution in [3.63, 3.8) is 0 Å². The lowest BCUT2D eigenvalue weighted by molar-refractivity contribution is -0.137. The molecule has 0 atom stereocenters. The Kier molecular flexibility index (Phi) is 11.9. The van der Waals surface area contributed by atoms with Crippen LogP contribution in [0.4, 0.5) is 0 Å². The standard InChI is InChI=1S/C22H37N5O4/c28-19(8-4-2-6-15-27-21(30)9-10-22(27)31)24-11-5-1-3-7-20(29)25-14-18-26-16-12-23-13-17-26/h9-10,23H,1-8,11-18H2,(H,24,28)(H,25,29). The molecule has 0 saturated carbocycles. The zero-order valence-corrected chi connectivity index (χ0v) is 18.5. The minimum atomic E-state index is -0.254. The minimum absolute atomic E-state index is 0.0284. The summed E-state index contributed by atoms with van der Waals surface area (Å²) in [6, 6.07) is 0. The van der Waals surface area contributed by atoms with E-state index in [1.165, 1.54) is 17.1 Å². The van der Waals surface area contributed by atoms with Crippen LogP contribution in [0.5, 0.6) is 0 Å². The molecule has 0 radical (unpaired) electrons. The third-order valence-corrected chi connectivity index (χ3v) is 5.55. The van der Waals surface area contributed by atoms with E-state index >= 15 is 0 Å². The van der Waals surface area contributed by atoms with Crippen molar-refractivity contribution in [3.05, 3.63) is 12.2 Å². The smallest absolute Gasteiger partial charge is 0.253 e. The molecule has 0 aromatic carbocycles. The van der Waals surface area contributed by atoms with Crippen LogP contribution in [0.25, 0.3) is 0 Å². The summed E-state index contributed by atoms with van der Waals surface area (Å²) >= 11 is 0. The summed E-state index contributed by atoms with van der Waals surface area (Å²) in [6.07, 6.45) is 8.43. The maximum Gasteiger partial charge on any atom is 0.253 e. The lowest BCUT2D eigenvalue weighted by atomic mass is 10.1. The molecule has 0 aliphatic carbocycles. The first-order valence-corrected chi connectivity index (χ1v) is 11.6. The normalized spacial score (nSPS) is 16.7. The van der Waals surface area contributed by atoms with Crippen molar-refractivity contribution in [2.24, 2.45) is 0 Å². The van der Waals surface area contributed by atoms with Gasteiger partial charge < -0.3 is 16.0 Å². The molecule has 0 aromatic rings. The number of hydrogen-bond donors (Lipinski definition) is 3. The van der Waals surface area contributed by atoms with E-state index in [2.05, 4.69) is 20.9 Å². The Bertz CT molecular complexity index is 613. The maximum atomic E-state index is 11.9. The van der Waals surface area contributed by atoms with Gasteiger partial charge in [0.05, 0.1) is 0 Å². The van der Waals surface area contributed by atoms with Gasteiger partial charge in [0.25, 0.3) is 11.8 Å². The number of unbranched alkanes of at least 4 members (excludes halogenated alkanes) is 4. The van der Waals surface area contributed by atoms with Crippen LogP contribution in [0.1, 0.15) is 51.4 Å². The maximum absolute atomic E-state index is 11.9. The molecule has 0 spiro atoms. The number of carbonyl (C=O) groups is 4. The molecule has 4 amide bonds. The van der Waals surface area contributed by atoms with Crippen LogP contribution in [-0.2, 0) is 19.2 Å². The SMILES string of the molecule is O=C(CCCCCN1C(=O)C=CC1=O)NCCCCCC(=O)NCCN1CCNCC1. The van der Waals surface area contributed by atoms with Crippen LogP contribution in [0.15, 0.2) is 12.2 Å². The quantitative estimate of drug-likeness (QED) is 0.250. The highest BCUT2D eigenvalue weighted by atomic mass is 16.2. The monoisotopic (exact) mass is 435 g/mol. The predicted molar refractivity (Wildman–Crippen MR) is 118 cm³/mol. The number of amides is 4. The molecule has 2 rings (SSSR count). The molecule has 3 N–H and O–H groups in total. The van der Waals surface area contributed by atoms with E-state index in [0.29, 0.717) is 38.9 Å². The van der Waals surface area contributed by atoms with Crippen molar-refractivity contribution >= 4 is 23.6 Å². The van der Waals surface area contributed by atoms with E-state index in [-0.39, 0.29) is 23.6 Å². The number of nitrogens with one attached hydrogen (secondary N) is 3. The molecular weight excluding hydrogens is 398 g/mol. The van der Waals surface area contributed by atoms with Gasteiger partial charge in [-0.15, -0.1) is 0 Å². The van der Waals surface area contributed by atoms with Crippen molar-refractivity contribution in [2.45, 2.75) is 51.4 Å². The van der Waals surface area contributed by atoms with Crippen molar-refractivity contribution in [1.29, 1.82) is 0 Å². The Morgan fingerprint density at radius 2 is 1.35 bits per heavy atom. The predicted octanol–water partition coefficient (Wildman–Crippen LogP) is 0.170. The molecule has 0 aromatic heterocycles. The zero-order chi connectivity index (χ0) is 22.3. The lowest BCUT2D eigenvalue weighted by Gasteiger charge is -2.27. The van der Waals surface area contributed by atoms with Crippen LogP contribution in [-0.4, -0.2) is 85.8 Å². The van der Waals surface area contributed by atoms with Gasteiger partial charge in [0, 0.05) is 77.4 Å². The number of piperazine rings is 1. The molecule has 0 bridgehead atoms. The lowest BCUT2D eigenvalue weighted by Crippen LogP contribution is -2.46. The van der Waals surface area contributed by atoms with Crippen LogP contribution in [0, 0.1) is 0 Å². The van der Waals surface area contributed by atoms with E-state index in [9.17, 15) is 19.2 Å². The van der Waals surface area contributed by atoms with Gasteiger partial charge in [-0.05, 0) is 25.7 Å². The average Bonchev–Trinajstić information content (AvgIpc) is 3.08. The molecule has 2 aliphatic rings. The Morgan fingerprint density at radius 3 is 2.00 bits per heavy atom. The first kappa shape index (κ1) is 25.0. The highest BCUT2D eigenvalue weighted by Gasteiger charge is 2.22. The number of carbonyl (C=O) groups excluding carboxylic acids is 4. The van der Waals surface area contributed by atoms with Crippen molar-refractivity contribution < 1.29 is 19.2 Å². The highest BCUT2D eigenvalue weighted by molar-refractivity contribution is 6.12. The van der Waals surface area contributed by atoms with Crippen LogP contribution < -0.4 is 16.0 Å². The fraction of sp³-hybridized carbons (Fsp3) is 0.727. The summed E-state index contributed by atoms with van der Waals surface area (Å²) in [5, 5.41) is 9.20. The highest BCUT2D eigenvalue weighted by Crippen LogP contribution is 2.07. The van der Waals surface area contributed by atoms with Gasteiger partial charge in [-0.2, -0.15) is 0 Å². The third-order valence-electron chi connectivity index (χ3n) is 5.55. The van der Waals surface area contributed by atoms with Crippen molar-refractivity contribution in [1.82, 2.24) is 25.8 Å². The zero-order valence-electron chi connectivity index (χ0n) is 18.5. The van der Waals surface area contributed by atoms with Gasteiger partial charge in [-0.1, -0.05) is 12.8 Å². The molecule has 31 heavy (non-hydrogen) atoms. The fourth-order valence-corrected chi connectivity index (χ4v) is 3.66. The summed E-state index contributed by atoms with van der Waals surface area (Å²) in [7, 11) is 0. The van der Waals surface area contributed by atoms with Gasteiger partial charge in [-0.25, -0.2) is 0 Å². The van der Waals surface area contributed by atoms with E-state index in [0.717, 1.165) is 64.8 Å². The van der Waals surface area contributed by atoms with E-state index in [1.807, 2.05) is 0 Å². The minimum Gasteiger partial charge on any atom is -0.356 e. The van der Waals surface area contributed by atoms with Gasteiger partial charge in [0.15, 0.2) is 0 Å². The fourth-order valence-electron chi connectivity index (χ4n) is 3.66. The summed E-state index contributed by atoms with van der Waals surface area (Å²) < 4.78 is 0. The third kappa shape index (κ3) is 10.5. The molecule has 2 heterocycles. The van der Waals surface area contributed by atoms with E-state index in [1.54, 1.807) is 0 Å². The largest absolute Gasteiger partial charge is 0.356 e. The Labute approximate surface area is 185 Å². The Hall–Kier alpha value is -2.26. The van der Waals surface area contributed by atoms with Crippen LogP contribution >= 0.6 is 0 Å². The van der Waals surface area contributed by atoms with Gasteiger partial charge in [-0.3, -0.25) is 29.0 Å². The van der Waals surface area contributed by atoms with E-state index < -0.39 is 0 Å². The molecule has 9 nitrogen and oxygen atoms in total. The summed E-state index contributed by atoms with van der Waals surface area (Å²) in [4.78, 5) is 50.1. The number of nitrogens with zero attached hydrogens (tertiary/aromatic N) is 2. The van der Waals surface area contributed by atoms with Crippen LogP contribution in [0.2, 0.25) is 0 Å². The Morgan fingerprint density at radius 1 is 0.774 bits per heavy atom. The summed E-state index contributed by atoms with van der Waals surface area (Å²) in [5.41, 5.74) is 0. The number of imide groups is 1. The second-order valence-corrected chi connectivity index (χ2v) is 8.07. The van der Waals surface area contributed by atoms with Gasteiger partial charge in [0.1, 0.15) is 0 Å². The van der Waals surface area contributed by atoms with Gasteiger partial charge >= 0.3 is 0 Å². The van der Waals surface area contributed by atoms with E-state index in [4.69, 9.17) is 0 Å². The number of rotatable bonds is 15. The molecular formula is C22H37N5O4.